The van der Waals surface area contributed by atoms with Gasteiger partial charge in [0.05, 0.1) is 5.52 Å². The molecule has 0 amide bonds. The SMILES string of the molecule is COCc1noc(Cn2c(=O)n(C3CCNCC3)c(=O)c3sc(-c4ccccc4)cc32)n1. The molecule has 10 heteroatoms. The Hall–Kier alpha value is -3.08. The van der Waals surface area contributed by atoms with E-state index in [4.69, 9.17) is 9.26 Å². The molecule has 1 aliphatic rings. The van der Waals surface area contributed by atoms with Crippen molar-refractivity contribution in [2.45, 2.75) is 32.0 Å². The first-order valence-corrected chi connectivity index (χ1v) is 11.3. The van der Waals surface area contributed by atoms with Gasteiger partial charge in [-0.2, -0.15) is 4.98 Å². The van der Waals surface area contributed by atoms with E-state index in [1.165, 1.54) is 15.9 Å². The molecule has 9 nitrogen and oxygen atoms in total. The van der Waals surface area contributed by atoms with E-state index in [2.05, 4.69) is 15.5 Å². The summed E-state index contributed by atoms with van der Waals surface area (Å²) in [5, 5.41) is 7.18. The third kappa shape index (κ3) is 3.81. The topological polar surface area (TPSA) is 104 Å². The average molecular weight is 454 g/mol. The van der Waals surface area contributed by atoms with Crippen molar-refractivity contribution in [1.82, 2.24) is 24.6 Å². The van der Waals surface area contributed by atoms with Gasteiger partial charge in [0.15, 0.2) is 5.82 Å². The second-order valence-electron chi connectivity index (χ2n) is 7.75. The Morgan fingerprint density at radius 3 is 2.75 bits per heavy atom. The van der Waals surface area contributed by atoms with Crippen LogP contribution in [0.3, 0.4) is 0 Å². The molecule has 3 aromatic heterocycles. The summed E-state index contributed by atoms with van der Waals surface area (Å²) in [6.07, 6.45) is 1.46. The van der Waals surface area contributed by atoms with Crippen molar-refractivity contribution in [1.29, 1.82) is 0 Å². The summed E-state index contributed by atoms with van der Waals surface area (Å²) in [5.74, 6) is 0.706. The number of nitrogens with one attached hydrogen (secondary N) is 1. The van der Waals surface area contributed by atoms with Gasteiger partial charge in [-0.3, -0.25) is 13.9 Å². The molecule has 1 aliphatic heterocycles. The molecule has 4 heterocycles. The monoisotopic (exact) mass is 453 g/mol. The van der Waals surface area contributed by atoms with Crippen LogP contribution in [0, 0.1) is 0 Å². The van der Waals surface area contributed by atoms with E-state index in [1.54, 1.807) is 11.7 Å². The number of piperidine rings is 1. The van der Waals surface area contributed by atoms with Gasteiger partial charge in [-0.25, -0.2) is 4.79 Å². The lowest BCUT2D eigenvalue weighted by molar-refractivity contribution is 0.174. The molecule has 1 N–H and O–H groups in total. The minimum absolute atomic E-state index is 0.0856. The van der Waals surface area contributed by atoms with Crippen LogP contribution in [0.4, 0.5) is 0 Å². The molecule has 0 atom stereocenters. The van der Waals surface area contributed by atoms with Gasteiger partial charge >= 0.3 is 5.69 Å². The molecule has 0 saturated carbocycles. The van der Waals surface area contributed by atoms with Crippen LogP contribution >= 0.6 is 11.3 Å². The normalized spacial score (nSPS) is 14.9. The fourth-order valence-corrected chi connectivity index (χ4v) is 5.23. The fraction of sp³-hybridized carbons (Fsp3) is 0.364. The molecule has 0 bridgehead atoms. The highest BCUT2D eigenvalue weighted by Gasteiger charge is 2.24. The van der Waals surface area contributed by atoms with Crippen LogP contribution in [0.25, 0.3) is 20.7 Å². The molecule has 0 aliphatic carbocycles. The second-order valence-corrected chi connectivity index (χ2v) is 8.81. The van der Waals surface area contributed by atoms with E-state index >= 15 is 0 Å². The van der Waals surface area contributed by atoms with Crippen LogP contribution < -0.4 is 16.6 Å². The van der Waals surface area contributed by atoms with Crippen LogP contribution in [-0.4, -0.2) is 39.5 Å². The van der Waals surface area contributed by atoms with Gasteiger partial charge < -0.3 is 14.6 Å². The maximum Gasteiger partial charge on any atom is 0.332 e. The number of thiophene rings is 1. The Kier molecular flexibility index (Phi) is 5.73. The molecule has 1 saturated heterocycles. The van der Waals surface area contributed by atoms with Crippen LogP contribution in [0.1, 0.15) is 30.6 Å². The van der Waals surface area contributed by atoms with Crippen LogP contribution in [0.15, 0.2) is 50.5 Å². The van der Waals surface area contributed by atoms with Crippen molar-refractivity contribution < 1.29 is 9.26 Å². The molecule has 0 spiro atoms. The number of fused-ring (bicyclic) bond motifs is 1. The Balaban J connectivity index is 1.68. The number of methoxy groups -OCH3 is 1. The van der Waals surface area contributed by atoms with E-state index in [0.717, 1.165) is 36.4 Å². The summed E-state index contributed by atoms with van der Waals surface area (Å²) in [6, 6.07) is 11.6. The molecule has 32 heavy (non-hydrogen) atoms. The summed E-state index contributed by atoms with van der Waals surface area (Å²) in [5.41, 5.74) is 1.01. The summed E-state index contributed by atoms with van der Waals surface area (Å²) in [4.78, 5) is 32.3. The van der Waals surface area contributed by atoms with Gasteiger partial charge in [0.25, 0.3) is 5.56 Å². The van der Waals surface area contributed by atoms with Gasteiger partial charge in [0.2, 0.25) is 5.89 Å². The average Bonchev–Trinajstić information content (AvgIpc) is 3.46. The van der Waals surface area contributed by atoms with Crippen molar-refractivity contribution in [2.24, 2.45) is 0 Å². The molecule has 0 radical (unpaired) electrons. The minimum atomic E-state index is -0.349. The van der Waals surface area contributed by atoms with Crippen molar-refractivity contribution in [2.75, 3.05) is 20.2 Å². The summed E-state index contributed by atoms with van der Waals surface area (Å²) in [7, 11) is 1.55. The zero-order valence-corrected chi connectivity index (χ0v) is 18.4. The zero-order chi connectivity index (χ0) is 22.1. The number of nitrogens with zero attached hydrogens (tertiary/aromatic N) is 4. The highest BCUT2D eigenvalue weighted by molar-refractivity contribution is 7.22. The molecular weight excluding hydrogens is 430 g/mol. The molecule has 4 aromatic rings. The Labute approximate surface area is 187 Å². The largest absolute Gasteiger partial charge is 0.377 e. The number of rotatable bonds is 6. The molecular formula is C22H23N5O4S. The standard InChI is InChI=1S/C22H23N5O4S/c1-30-13-18-24-19(31-25-18)12-26-16-11-17(14-5-3-2-4-6-14)32-20(16)21(28)27(22(26)29)15-7-9-23-10-8-15/h2-6,11,15,23H,7-10,12-13H2,1H3. The van der Waals surface area contributed by atoms with E-state index in [0.29, 0.717) is 21.9 Å². The predicted molar refractivity (Wildman–Crippen MR) is 121 cm³/mol. The third-order valence-electron chi connectivity index (χ3n) is 5.66. The highest BCUT2D eigenvalue weighted by Crippen LogP contribution is 2.32. The molecule has 166 valence electrons. The number of aromatic nitrogens is 4. The second kappa shape index (κ2) is 8.81. The third-order valence-corrected chi connectivity index (χ3v) is 6.82. The summed E-state index contributed by atoms with van der Waals surface area (Å²) >= 11 is 1.41. The van der Waals surface area contributed by atoms with E-state index in [-0.39, 0.29) is 30.4 Å². The highest BCUT2D eigenvalue weighted by atomic mass is 32.1. The van der Waals surface area contributed by atoms with Gasteiger partial charge in [0, 0.05) is 18.0 Å². The molecule has 1 aromatic carbocycles. The lowest BCUT2D eigenvalue weighted by Crippen LogP contribution is -2.45. The summed E-state index contributed by atoms with van der Waals surface area (Å²) < 4.78 is 13.9. The molecule has 1 fully saturated rings. The van der Waals surface area contributed by atoms with Crippen molar-refractivity contribution in [3.05, 3.63) is 69.0 Å². The van der Waals surface area contributed by atoms with Gasteiger partial charge in [0.1, 0.15) is 17.9 Å². The molecule has 0 unspecified atom stereocenters. The van der Waals surface area contributed by atoms with Crippen molar-refractivity contribution >= 4 is 21.6 Å². The van der Waals surface area contributed by atoms with Crippen LogP contribution in [0.5, 0.6) is 0 Å². The van der Waals surface area contributed by atoms with E-state index in [1.807, 2.05) is 36.4 Å². The van der Waals surface area contributed by atoms with Crippen molar-refractivity contribution in [3.8, 4) is 10.4 Å². The quantitative estimate of drug-likeness (QED) is 0.478. The van der Waals surface area contributed by atoms with E-state index < -0.39 is 0 Å². The maximum absolute atomic E-state index is 13.6. The first kappa shape index (κ1) is 20.8. The maximum atomic E-state index is 13.6. The van der Waals surface area contributed by atoms with Crippen molar-refractivity contribution in [3.63, 3.8) is 0 Å². The smallest absolute Gasteiger partial charge is 0.332 e. The molecule has 5 rings (SSSR count). The Morgan fingerprint density at radius 1 is 1.22 bits per heavy atom. The van der Waals surface area contributed by atoms with Crippen LogP contribution in [0.2, 0.25) is 0 Å². The lowest BCUT2D eigenvalue weighted by atomic mass is 10.1. The number of hydrogen-bond donors (Lipinski definition) is 1. The first-order valence-electron chi connectivity index (χ1n) is 10.5. The lowest BCUT2D eigenvalue weighted by Gasteiger charge is -2.24. The van der Waals surface area contributed by atoms with E-state index in [9.17, 15) is 9.59 Å². The number of ether oxygens (including phenoxy) is 1. The van der Waals surface area contributed by atoms with Gasteiger partial charge in [-0.1, -0.05) is 35.5 Å². The van der Waals surface area contributed by atoms with Crippen LogP contribution in [-0.2, 0) is 17.9 Å². The Morgan fingerprint density at radius 2 is 2.00 bits per heavy atom. The zero-order valence-electron chi connectivity index (χ0n) is 17.6. The Bertz CT molecular complexity index is 1350. The summed E-state index contributed by atoms with van der Waals surface area (Å²) in [6.45, 7) is 1.86. The number of benzene rings is 1. The fourth-order valence-electron chi connectivity index (χ4n) is 4.13. The predicted octanol–water partition coefficient (Wildman–Crippen LogP) is 2.39. The number of hydrogen-bond acceptors (Lipinski definition) is 8. The van der Waals surface area contributed by atoms with Gasteiger partial charge in [-0.05, 0) is 37.6 Å². The van der Waals surface area contributed by atoms with Gasteiger partial charge in [-0.15, -0.1) is 11.3 Å². The minimum Gasteiger partial charge on any atom is -0.377 e. The first-order chi connectivity index (χ1) is 15.7.